The van der Waals surface area contributed by atoms with Crippen molar-refractivity contribution in [3.05, 3.63) is 34.8 Å². The molecule has 2 N–H and O–H groups in total. The van der Waals surface area contributed by atoms with Crippen molar-refractivity contribution in [2.75, 3.05) is 13.1 Å². The van der Waals surface area contributed by atoms with E-state index in [0.29, 0.717) is 24.5 Å². The van der Waals surface area contributed by atoms with Gasteiger partial charge in [0.15, 0.2) is 0 Å². The molecule has 0 aliphatic rings. The summed E-state index contributed by atoms with van der Waals surface area (Å²) in [7, 11) is -3.43. The molecule has 0 aliphatic carbocycles. The van der Waals surface area contributed by atoms with Crippen molar-refractivity contribution in [3.8, 4) is 0 Å². The van der Waals surface area contributed by atoms with E-state index < -0.39 is 10.0 Å². The first-order chi connectivity index (χ1) is 9.62. The molecule has 0 saturated heterocycles. The van der Waals surface area contributed by atoms with Crippen LogP contribution in [0, 0.1) is 0 Å². The van der Waals surface area contributed by atoms with Gasteiger partial charge in [-0.15, -0.1) is 11.3 Å². The Bertz CT molecular complexity index is 620. The van der Waals surface area contributed by atoms with Gasteiger partial charge in [-0.1, -0.05) is 6.92 Å². The summed E-state index contributed by atoms with van der Waals surface area (Å²) >= 11 is 1.45. The lowest BCUT2D eigenvalue weighted by atomic mass is 10.4. The number of thiophene rings is 1. The molecule has 20 heavy (non-hydrogen) atoms. The molecule has 0 fully saturated rings. The lowest BCUT2D eigenvalue weighted by Crippen LogP contribution is -2.27. The fourth-order valence-electron chi connectivity index (χ4n) is 1.65. The number of nitrogens with one attached hydrogen (secondary N) is 2. The van der Waals surface area contributed by atoms with Gasteiger partial charge in [0.2, 0.25) is 10.0 Å². The van der Waals surface area contributed by atoms with Gasteiger partial charge < -0.3 is 5.32 Å². The second kappa shape index (κ2) is 6.98. The monoisotopic (exact) mass is 314 g/mol. The maximum atomic E-state index is 12.1. The molecule has 8 heteroatoms. The van der Waals surface area contributed by atoms with Gasteiger partial charge >= 0.3 is 0 Å². The molecule has 0 aromatic carbocycles. The third-order valence-electron chi connectivity index (χ3n) is 2.68. The molecule has 0 amide bonds. The fraction of sp³-hybridized carbons (Fsp3) is 0.417. The molecule has 110 valence electrons. The van der Waals surface area contributed by atoms with E-state index in [1.54, 1.807) is 34.6 Å². The number of hydrogen-bond acceptors (Lipinski definition) is 5. The van der Waals surface area contributed by atoms with E-state index in [1.165, 1.54) is 11.3 Å². The molecule has 2 aromatic rings. The maximum absolute atomic E-state index is 12.1. The molecule has 0 atom stereocenters. The van der Waals surface area contributed by atoms with E-state index in [2.05, 4.69) is 15.1 Å². The highest BCUT2D eigenvalue weighted by Gasteiger charge is 2.15. The minimum absolute atomic E-state index is 0.322. The Kier molecular flexibility index (Phi) is 5.30. The molecule has 0 saturated carbocycles. The molecule has 0 radical (unpaired) electrons. The van der Waals surface area contributed by atoms with E-state index in [1.807, 2.05) is 6.92 Å². The number of hydrogen-bond donors (Lipinski definition) is 2. The van der Waals surface area contributed by atoms with Gasteiger partial charge in [0.05, 0.1) is 11.4 Å². The highest BCUT2D eigenvalue weighted by Crippen LogP contribution is 2.18. The zero-order chi connectivity index (χ0) is 14.4. The summed E-state index contributed by atoms with van der Waals surface area (Å²) in [5.74, 6) is 0. The van der Waals surface area contributed by atoms with Gasteiger partial charge in [0.25, 0.3) is 0 Å². The van der Waals surface area contributed by atoms with Crippen LogP contribution in [0.3, 0.4) is 0 Å². The van der Waals surface area contributed by atoms with Crippen molar-refractivity contribution in [2.45, 2.75) is 24.9 Å². The predicted molar refractivity (Wildman–Crippen MR) is 79.1 cm³/mol. The van der Waals surface area contributed by atoms with E-state index in [0.717, 1.165) is 11.4 Å². The van der Waals surface area contributed by atoms with Crippen molar-refractivity contribution < 1.29 is 8.42 Å². The van der Waals surface area contributed by atoms with E-state index in [4.69, 9.17) is 0 Å². The van der Waals surface area contributed by atoms with Crippen LogP contribution in [0.25, 0.3) is 0 Å². The average Bonchev–Trinajstić information content (AvgIpc) is 3.07. The number of rotatable bonds is 8. The summed E-state index contributed by atoms with van der Waals surface area (Å²) in [6, 6.07) is 3.52. The van der Waals surface area contributed by atoms with Gasteiger partial charge in [0, 0.05) is 35.7 Å². The Labute approximate surface area is 122 Å². The quantitative estimate of drug-likeness (QED) is 0.763. The second-order valence-corrected chi connectivity index (χ2v) is 6.96. The first kappa shape index (κ1) is 15.2. The van der Waals surface area contributed by atoms with E-state index in [-0.39, 0.29) is 0 Å². The molecule has 0 aliphatic heterocycles. The molecule has 2 rings (SSSR count). The van der Waals surface area contributed by atoms with Crippen molar-refractivity contribution in [3.63, 3.8) is 0 Å². The standard InChI is InChI=1S/C12H18N4O2S2/c1-2-13-9-11-8-12(10-19-11)20(17,18)15-5-7-16-6-3-4-14-16/h3-4,6,8,10,13,15H,2,5,7,9H2,1H3. The molecule has 0 unspecified atom stereocenters. The topological polar surface area (TPSA) is 76.0 Å². The average molecular weight is 314 g/mol. The highest BCUT2D eigenvalue weighted by molar-refractivity contribution is 7.89. The lowest BCUT2D eigenvalue weighted by molar-refractivity contribution is 0.561. The van der Waals surface area contributed by atoms with Crippen LogP contribution >= 0.6 is 11.3 Å². The molecule has 0 bridgehead atoms. The zero-order valence-electron chi connectivity index (χ0n) is 11.2. The van der Waals surface area contributed by atoms with Crippen LogP contribution in [0.4, 0.5) is 0 Å². The van der Waals surface area contributed by atoms with Gasteiger partial charge in [-0.2, -0.15) is 5.10 Å². The van der Waals surface area contributed by atoms with Crippen LogP contribution in [0.2, 0.25) is 0 Å². The van der Waals surface area contributed by atoms with Crippen molar-refractivity contribution >= 4 is 21.4 Å². The Morgan fingerprint density at radius 1 is 1.45 bits per heavy atom. The predicted octanol–water partition coefficient (Wildman–Crippen LogP) is 1.03. The molecular formula is C12H18N4O2S2. The van der Waals surface area contributed by atoms with Crippen molar-refractivity contribution in [1.82, 2.24) is 19.8 Å². The Morgan fingerprint density at radius 2 is 2.30 bits per heavy atom. The van der Waals surface area contributed by atoms with Crippen LogP contribution in [0.15, 0.2) is 34.8 Å². The third-order valence-corrected chi connectivity index (χ3v) is 5.21. The van der Waals surface area contributed by atoms with Crippen molar-refractivity contribution in [1.29, 1.82) is 0 Å². The molecule has 6 nitrogen and oxygen atoms in total. The lowest BCUT2D eigenvalue weighted by Gasteiger charge is -2.05. The van der Waals surface area contributed by atoms with Gasteiger partial charge in [0.1, 0.15) is 0 Å². The van der Waals surface area contributed by atoms with Crippen molar-refractivity contribution in [2.24, 2.45) is 0 Å². The van der Waals surface area contributed by atoms with Crippen LogP contribution in [0.5, 0.6) is 0 Å². The summed E-state index contributed by atoms with van der Waals surface area (Å²) in [6.07, 6.45) is 3.47. The fourth-order valence-corrected chi connectivity index (χ4v) is 3.92. The molecule has 2 aromatic heterocycles. The smallest absolute Gasteiger partial charge is 0.241 e. The Morgan fingerprint density at radius 3 is 3.00 bits per heavy atom. The first-order valence-corrected chi connectivity index (χ1v) is 8.73. The number of nitrogens with zero attached hydrogens (tertiary/aromatic N) is 2. The number of sulfonamides is 1. The summed E-state index contributed by atoms with van der Waals surface area (Å²) in [6.45, 7) is 4.41. The summed E-state index contributed by atoms with van der Waals surface area (Å²) in [5, 5.41) is 8.87. The van der Waals surface area contributed by atoms with Gasteiger partial charge in [-0.05, 0) is 18.7 Å². The third kappa shape index (κ3) is 4.14. The van der Waals surface area contributed by atoms with E-state index >= 15 is 0 Å². The van der Waals surface area contributed by atoms with Gasteiger partial charge in [-0.25, -0.2) is 13.1 Å². The largest absolute Gasteiger partial charge is 0.312 e. The van der Waals surface area contributed by atoms with Crippen LogP contribution in [0.1, 0.15) is 11.8 Å². The Balaban J connectivity index is 1.90. The normalized spacial score (nSPS) is 11.8. The summed E-state index contributed by atoms with van der Waals surface area (Å²) in [4.78, 5) is 1.34. The van der Waals surface area contributed by atoms with Gasteiger partial charge in [-0.3, -0.25) is 4.68 Å². The van der Waals surface area contributed by atoms with Crippen LogP contribution < -0.4 is 10.0 Å². The minimum Gasteiger partial charge on any atom is -0.312 e. The van der Waals surface area contributed by atoms with Crippen LogP contribution in [-0.4, -0.2) is 31.3 Å². The first-order valence-electron chi connectivity index (χ1n) is 6.37. The SMILES string of the molecule is CCNCc1cc(S(=O)(=O)NCCn2cccn2)cs1. The van der Waals surface area contributed by atoms with Crippen LogP contribution in [-0.2, 0) is 23.1 Å². The molecular weight excluding hydrogens is 296 g/mol. The molecule has 2 heterocycles. The maximum Gasteiger partial charge on any atom is 0.241 e. The minimum atomic E-state index is -3.43. The second-order valence-electron chi connectivity index (χ2n) is 4.20. The Hall–Kier alpha value is -1.22. The highest BCUT2D eigenvalue weighted by atomic mass is 32.2. The van der Waals surface area contributed by atoms with E-state index in [9.17, 15) is 8.42 Å². The molecule has 0 spiro atoms. The number of aromatic nitrogens is 2. The summed E-state index contributed by atoms with van der Waals surface area (Å²) in [5.41, 5.74) is 0. The summed E-state index contributed by atoms with van der Waals surface area (Å²) < 4.78 is 28.5. The zero-order valence-corrected chi connectivity index (χ0v) is 12.9.